The number of carbonyl (C=O) groups excluding carboxylic acids is 2. The van der Waals surface area contributed by atoms with E-state index in [0.29, 0.717) is 11.4 Å². The normalized spacial score (nSPS) is 11.5. The first-order valence-electron chi connectivity index (χ1n) is 6.50. The monoisotopic (exact) mass is 304 g/mol. The van der Waals surface area contributed by atoms with Gasteiger partial charge in [0.05, 0.1) is 26.3 Å². The number of imide groups is 1. The Labute approximate surface area is 127 Å². The molecule has 0 aliphatic carbocycles. The third kappa shape index (κ3) is 5.20. The molecule has 0 aliphatic rings. The number of nitrogens with one attached hydrogen (secondary N) is 1. The number of methoxy groups -OCH3 is 1. The zero-order valence-corrected chi connectivity index (χ0v) is 12.3. The first-order chi connectivity index (χ1) is 10.6. The minimum atomic E-state index is -1.14. The van der Waals surface area contributed by atoms with E-state index < -0.39 is 17.9 Å². The van der Waals surface area contributed by atoms with Crippen LogP contribution < -0.4 is 10.1 Å². The van der Waals surface area contributed by atoms with E-state index in [2.05, 4.69) is 15.0 Å². The highest BCUT2D eigenvalue weighted by Crippen LogP contribution is 2.26. The van der Waals surface area contributed by atoms with Crippen LogP contribution in [-0.4, -0.2) is 32.3 Å². The lowest BCUT2D eigenvalue weighted by atomic mass is 10.1. The van der Waals surface area contributed by atoms with E-state index in [1.54, 1.807) is 37.3 Å². The highest BCUT2D eigenvalue weighted by atomic mass is 16.5. The van der Waals surface area contributed by atoms with Crippen molar-refractivity contribution >= 4 is 17.7 Å². The summed E-state index contributed by atoms with van der Waals surface area (Å²) < 4.78 is 9.66. The number of azo groups is 1. The molecular formula is C14H16N4O4. The summed E-state index contributed by atoms with van der Waals surface area (Å²) in [5.74, 6) is -1.39. The maximum atomic E-state index is 11.7. The fraction of sp³-hybridized carbons (Fsp3) is 0.357. The Bertz CT molecular complexity index is 595. The molecule has 0 heterocycles. The number of carbonyl (C=O) groups is 2. The van der Waals surface area contributed by atoms with Crippen LogP contribution in [0.3, 0.4) is 0 Å². The number of para-hydroxylation sites is 1. The van der Waals surface area contributed by atoms with Crippen molar-refractivity contribution in [2.24, 2.45) is 16.1 Å². The fourth-order valence-corrected chi connectivity index (χ4v) is 1.45. The molecule has 1 N–H and O–H groups in total. The van der Waals surface area contributed by atoms with Gasteiger partial charge in [-0.25, -0.2) is 4.79 Å². The van der Waals surface area contributed by atoms with Gasteiger partial charge in [0, 0.05) is 0 Å². The van der Waals surface area contributed by atoms with E-state index in [1.807, 2.05) is 5.32 Å². The second-order valence-corrected chi connectivity index (χ2v) is 3.99. The molecule has 0 radical (unpaired) electrons. The lowest BCUT2D eigenvalue weighted by molar-refractivity contribution is -0.122. The molecule has 116 valence electrons. The lowest BCUT2D eigenvalue weighted by Crippen LogP contribution is -2.36. The van der Waals surface area contributed by atoms with Crippen LogP contribution >= 0.6 is 0 Å². The minimum Gasteiger partial charge on any atom is -0.494 e. The number of nitriles is 1. The second-order valence-electron chi connectivity index (χ2n) is 3.99. The first kappa shape index (κ1) is 17.1. The van der Waals surface area contributed by atoms with Gasteiger partial charge < -0.3 is 9.47 Å². The van der Waals surface area contributed by atoms with Crippen molar-refractivity contribution in [2.75, 3.05) is 20.3 Å². The average molecular weight is 304 g/mol. The van der Waals surface area contributed by atoms with Gasteiger partial charge in [0.2, 0.25) is 5.91 Å². The third-order valence-corrected chi connectivity index (χ3v) is 2.50. The van der Waals surface area contributed by atoms with Gasteiger partial charge in [0.1, 0.15) is 17.4 Å². The molecule has 0 aliphatic heterocycles. The van der Waals surface area contributed by atoms with Crippen LogP contribution in [0.4, 0.5) is 10.5 Å². The molecule has 0 saturated heterocycles. The lowest BCUT2D eigenvalue weighted by Gasteiger charge is -2.06. The number of nitrogens with zero attached hydrogens (tertiary/aromatic N) is 3. The first-order valence-corrected chi connectivity index (χ1v) is 6.50. The van der Waals surface area contributed by atoms with Crippen molar-refractivity contribution in [3.05, 3.63) is 24.3 Å². The number of ether oxygens (including phenoxy) is 2. The molecule has 0 aromatic heterocycles. The van der Waals surface area contributed by atoms with Crippen LogP contribution in [0, 0.1) is 17.2 Å². The van der Waals surface area contributed by atoms with Gasteiger partial charge in [-0.2, -0.15) is 15.5 Å². The van der Waals surface area contributed by atoms with Crippen molar-refractivity contribution in [2.45, 2.75) is 6.92 Å². The summed E-state index contributed by atoms with van der Waals surface area (Å²) >= 11 is 0. The SMILES string of the molecule is CCOC(=O)NC(=O)C(C#N)CN=Nc1ccccc1OC. The molecule has 22 heavy (non-hydrogen) atoms. The summed E-state index contributed by atoms with van der Waals surface area (Å²) in [4.78, 5) is 22.8. The molecule has 1 unspecified atom stereocenters. The van der Waals surface area contributed by atoms with Gasteiger partial charge in [-0.3, -0.25) is 10.1 Å². The van der Waals surface area contributed by atoms with Crippen molar-refractivity contribution in [3.63, 3.8) is 0 Å². The zero-order chi connectivity index (χ0) is 16.4. The highest BCUT2D eigenvalue weighted by Gasteiger charge is 2.20. The Hall–Kier alpha value is -2.95. The number of hydrogen-bond donors (Lipinski definition) is 1. The molecule has 0 fully saturated rings. The zero-order valence-electron chi connectivity index (χ0n) is 12.3. The standard InChI is InChI=1S/C14H16N4O4/c1-3-22-14(20)17-13(19)10(8-15)9-16-18-11-6-4-5-7-12(11)21-2/h4-7,10H,3,9H2,1-2H3,(H,17,19,20). The molecule has 2 amide bonds. The molecule has 1 rings (SSSR count). The summed E-state index contributed by atoms with van der Waals surface area (Å²) in [5.41, 5.74) is 0.479. The molecule has 8 heteroatoms. The molecule has 1 aromatic rings. The summed E-state index contributed by atoms with van der Waals surface area (Å²) in [6.45, 7) is 1.55. The molecule has 8 nitrogen and oxygen atoms in total. The smallest absolute Gasteiger partial charge is 0.413 e. The Morgan fingerprint density at radius 1 is 1.41 bits per heavy atom. The van der Waals surface area contributed by atoms with Crippen LogP contribution in [0.25, 0.3) is 0 Å². The van der Waals surface area contributed by atoms with E-state index in [9.17, 15) is 9.59 Å². The molecule has 0 saturated carbocycles. The van der Waals surface area contributed by atoms with Crippen LogP contribution in [0.2, 0.25) is 0 Å². The van der Waals surface area contributed by atoms with Crippen LogP contribution in [-0.2, 0) is 9.53 Å². The molecule has 0 bridgehead atoms. The quantitative estimate of drug-likeness (QED) is 0.809. The van der Waals surface area contributed by atoms with E-state index in [4.69, 9.17) is 10.00 Å². The summed E-state index contributed by atoms with van der Waals surface area (Å²) in [6, 6.07) is 8.69. The number of amides is 2. The van der Waals surface area contributed by atoms with Crippen LogP contribution in [0.5, 0.6) is 5.75 Å². The van der Waals surface area contributed by atoms with E-state index in [0.717, 1.165) is 0 Å². The van der Waals surface area contributed by atoms with E-state index in [1.165, 1.54) is 7.11 Å². The van der Waals surface area contributed by atoms with Crippen molar-refractivity contribution in [1.82, 2.24) is 5.32 Å². The topological polar surface area (TPSA) is 113 Å². The van der Waals surface area contributed by atoms with Gasteiger partial charge in [-0.05, 0) is 19.1 Å². The Balaban J connectivity index is 2.63. The highest BCUT2D eigenvalue weighted by molar-refractivity contribution is 5.94. The molecule has 1 aromatic carbocycles. The number of alkyl carbamates (subject to hydrolysis) is 1. The number of hydrogen-bond acceptors (Lipinski definition) is 7. The Kier molecular flexibility index (Phi) is 7.05. The van der Waals surface area contributed by atoms with Gasteiger partial charge >= 0.3 is 6.09 Å². The maximum Gasteiger partial charge on any atom is 0.413 e. The Morgan fingerprint density at radius 3 is 2.77 bits per heavy atom. The minimum absolute atomic E-state index is 0.129. The Morgan fingerprint density at radius 2 is 2.14 bits per heavy atom. The second kappa shape index (κ2) is 9.07. The van der Waals surface area contributed by atoms with Gasteiger partial charge in [0.15, 0.2) is 0 Å². The molecular weight excluding hydrogens is 288 g/mol. The number of benzene rings is 1. The summed E-state index contributed by atoms with van der Waals surface area (Å²) in [6.07, 6.45) is -0.894. The molecule has 0 spiro atoms. The average Bonchev–Trinajstić information content (AvgIpc) is 2.52. The summed E-state index contributed by atoms with van der Waals surface area (Å²) in [7, 11) is 1.50. The summed E-state index contributed by atoms with van der Waals surface area (Å²) in [5, 5.41) is 18.6. The van der Waals surface area contributed by atoms with Gasteiger partial charge in [0.25, 0.3) is 0 Å². The van der Waals surface area contributed by atoms with Crippen LogP contribution in [0.1, 0.15) is 6.92 Å². The van der Waals surface area contributed by atoms with E-state index in [-0.39, 0.29) is 13.2 Å². The van der Waals surface area contributed by atoms with Gasteiger partial charge in [-0.1, -0.05) is 12.1 Å². The van der Waals surface area contributed by atoms with Gasteiger partial charge in [-0.15, -0.1) is 0 Å². The van der Waals surface area contributed by atoms with Crippen molar-refractivity contribution in [1.29, 1.82) is 5.26 Å². The number of rotatable bonds is 6. The predicted octanol–water partition coefficient (Wildman–Crippen LogP) is 2.19. The predicted molar refractivity (Wildman–Crippen MR) is 76.6 cm³/mol. The maximum absolute atomic E-state index is 11.7. The molecule has 1 atom stereocenters. The third-order valence-electron chi connectivity index (χ3n) is 2.50. The largest absolute Gasteiger partial charge is 0.494 e. The van der Waals surface area contributed by atoms with Crippen LogP contribution in [0.15, 0.2) is 34.5 Å². The van der Waals surface area contributed by atoms with E-state index >= 15 is 0 Å². The van der Waals surface area contributed by atoms with Crippen molar-refractivity contribution < 1.29 is 19.1 Å². The fourth-order valence-electron chi connectivity index (χ4n) is 1.45. The van der Waals surface area contributed by atoms with Crippen molar-refractivity contribution in [3.8, 4) is 11.8 Å².